The van der Waals surface area contributed by atoms with Crippen LogP contribution in [0.5, 0.6) is 0 Å². The number of aromatic nitrogens is 3. The summed E-state index contributed by atoms with van der Waals surface area (Å²) in [6.07, 6.45) is 4.53. The van der Waals surface area contributed by atoms with Crippen LogP contribution in [0.4, 0.5) is 0 Å². The van der Waals surface area contributed by atoms with E-state index in [0.29, 0.717) is 16.7 Å². The molecule has 0 amide bonds. The third-order valence-corrected chi connectivity index (χ3v) is 5.89. The number of halogens is 1. The predicted octanol–water partition coefficient (Wildman–Crippen LogP) is 2.37. The lowest BCUT2D eigenvalue weighted by molar-refractivity contribution is 0.373. The van der Waals surface area contributed by atoms with Crippen LogP contribution < -0.4 is 0 Å². The van der Waals surface area contributed by atoms with E-state index in [-0.39, 0.29) is 29.8 Å². The molecule has 118 valence electrons. The molecule has 1 aliphatic carbocycles. The first-order valence-electron chi connectivity index (χ1n) is 7.12. The van der Waals surface area contributed by atoms with Gasteiger partial charge in [-0.3, -0.25) is 4.98 Å². The van der Waals surface area contributed by atoms with E-state index in [1.165, 1.54) is 0 Å². The number of aryl methyl sites for hydroxylation is 1. The number of sulfone groups is 1. The lowest BCUT2D eigenvalue weighted by atomic mass is 10.1. The maximum absolute atomic E-state index is 11.5. The topological polar surface area (TPSA) is 86.0 Å². The van der Waals surface area contributed by atoms with E-state index in [1.54, 1.807) is 19.3 Å². The minimum Gasteiger partial charge on any atom is -0.339 e. The molecule has 2 atom stereocenters. The van der Waals surface area contributed by atoms with Gasteiger partial charge >= 0.3 is 0 Å². The van der Waals surface area contributed by atoms with Crippen LogP contribution in [0, 0.1) is 0 Å². The van der Waals surface area contributed by atoms with Crippen molar-refractivity contribution >= 4 is 21.4 Å². The standard InChI is InChI=1S/C14H16ClN3O3S/c1-2-22(19,20)6-4-13-17-14(21-18-13)11-7-10(11)9-3-5-16-8-12(9)15/h3,5,8,10-11H,2,4,6-7H2,1H3/t10-,11+/m0/s1. The molecule has 1 fully saturated rings. The normalized spacial score (nSPS) is 21.0. The zero-order valence-electron chi connectivity index (χ0n) is 12.1. The van der Waals surface area contributed by atoms with Crippen molar-refractivity contribution in [3.05, 3.63) is 40.8 Å². The highest BCUT2D eigenvalue weighted by atomic mass is 35.5. The number of hydrogen-bond donors (Lipinski definition) is 0. The van der Waals surface area contributed by atoms with Crippen molar-refractivity contribution in [1.82, 2.24) is 15.1 Å². The van der Waals surface area contributed by atoms with Gasteiger partial charge in [-0.15, -0.1) is 0 Å². The van der Waals surface area contributed by atoms with E-state index >= 15 is 0 Å². The molecule has 2 heterocycles. The van der Waals surface area contributed by atoms with Gasteiger partial charge in [-0.25, -0.2) is 8.42 Å². The van der Waals surface area contributed by atoms with Crippen molar-refractivity contribution in [3.63, 3.8) is 0 Å². The van der Waals surface area contributed by atoms with E-state index in [1.807, 2.05) is 6.07 Å². The number of nitrogens with zero attached hydrogens (tertiary/aromatic N) is 3. The Morgan fingerprint density at radius 1 is 1.41 bits per heavy atom. The number of hydrogen-bond acceptors (Lipinski definition) is 6. The summed E-state index contributed by atoms with van der Waals surface area (Å²) >= 11 is 6.14. The van der Waals surface area contributed by atoms with E-state index < -0.39 is 9.84 Å². The Hall–Kier alpha value is -1.47. The highest BCUT2D eigenvalue weighted by Gasteiger charge is 2.44. The fourth-order valence-electron chi connectivity index (χ4n) is 2.41. The lowest BCUT2D eigenvalue weighted by Crippen LogP contribution is -2.11. The zero-order chi connectivity index (χ0) is 15.7. The monoisotopic (exact) mass is 341 g/mol. The lowest BCUT2D eigenvalue weighted by Gasteiger charge is -2.00. The van der Waals surface area contributed by atoms with Gasteiger partial charge in [-0.2, -0.15) is 4.98 Å². The molecule has 2 aromatic heterocycles. The summed E-state index contributed by atoms with van der Waals surface area (Å²) < 4.78 is 28.3. The summed E-state index contributed by atoms with van der Waals surface area (Å²) in [5.41, 5.74) is 1.04. The highest BCUT2D eigenvalue weighted by Crippen LogP contribution is 2.55. The summed E-state index contributed by atoms with van der Waals surface area (Å²) in [5, 5.41) is 4.51. The first kappa shape index (κ1) is 15.4. The quantitative estimate of drug-likeness (QED) is 0.801. The van der Waals surface area contributed by atoms with E-state index in [9.17, 15) is 8.42 Å². The van der Waals surface area contributed by atoms with E-state index in [4.69, 9.17) is 16.1 Å². The van der Waals surface area contributed by atoms with Gasteiger partial charge in [0, 0.05) is 30.5 Å². The molecular weight excluding hydrogens is 326 g/mol. The van der Waals surface area contributed by atoms with Crippen molar-refractivity contribution in [2.24, 2.45) is 0 Å². The molecule has 3 rings (SSSR count). The number of rotatable bonds is 6. The van der Waals surface area contributed by atoms with Crippen LogP contribution in [0.2, 0.25) is 5.02 Å². The van der Waals surface area contributed by atoms with Crippen molar-refractivity contribution in [2.45, 2.75) is 31.6 Å². The van der Waals surface area contributed by atoms with Crippen molar-refractivity contribution in [2.75, 3.05) is 11.5 Å². The molecule has 0 N–H and O–H groups in total. The highest BCUT2D eigenvalue weighted by molar-refractivity contribution is 7.91. The fourth-order valence-corrected chi connectivity index (χ4v) is 3.45. The molecule has 1 saturated carbocycles. The Morgan fingerprint density at radius 3 is 2.95 bits per heavy atom. The van der Waals surface area contributed by atoms with Gasteiger partial charge in [-0.05, 0) is 24.0 Å². The molecule has 22 heavy (non-hydrogen) atoms. The average Bonchev–Trinajstić information content (AvgIpc) is 3.15. The minimum atomic E-state index is -3.02. The van der Waals surface area contributed by atoms with Crippen LogP contribution in [0.3, 0.4) is 0 Å². The average molecular weight is 342 g/mol. The molecule has 0 aromatic carbocycles. The molecule has 2 aromatic rings. The summed E-state index contributed by atoms with van der Waals surface area (Å²) in [4.78, 5) is 8.29. The Kier molecular flexibility index (Phi) is 4.18. The smallest absolute Gasteiger partial charge is 0.230 e. The first-order chi connectivity index (χ1) is 10.5. The van der Waals surface area contributed by atoms with Crippen LogP contribution >= 0.6 is 11.6 Å². The van der Waals surface area contributed by atoms with Crippen LogP contribution in [0.15, 0.2) is 23.0 Å². The van der Waals surface area contributed by atoms with Gasteiger partial charge in [0.15, 0.2) is 5.82 Å². The Labute approximate surface area is 133 Å². The molecule has 6 nitrogen and oxygen atoms in total. The zero-order valence-corrected chi connectivity index (χ0v) is 13.6. The first-order valence-corrected chi connectivity index (χ1v) is 9.32. The maximum atomic E-state index is 11.5. The van der Waals surface area contributed by atoms with Gasteiger partial charge in [-0.1, -0.05) is 23.7 Å². The van der Waals surface area contributed by atoms with Crippen LogP contribution in [0.25, 0.3) is 0 Å². The molecule has 8 heteroatoms. The second-order valence-corrected chi connectivity index (χ2v) is 8.26. The molecule has 1 aliphatic rings. The van der Waals surface area contributed by atoms with Gasteiger partial charge in [0.1, 0.15) is 9.84 Å². The summed E-state index contributed by atoms with van der Waals surface area (Å²) in [6, 6.07) is 1.90. The number of pyridine rings is 1. The van der Waals surface area contributed by atoms with Crippen molar-refractivity contribution in [3.8, 4) is 0 Å². The largest absolute Gasteiger partial charge is 0.339 e. The molecule has 0 saturated heterocycles. The predicted molar refractivity (Wildman–Crippen MR) is 81.7 cm³/mol. The second-order valence-electron chi connectivity index (χ2n) is 5.38. The summed E-state index contributed by atoms with van der Waals surface area (Å²) in [6.45, 7) is 1.63. The van der Waals surface area contributed by atoms with Gasteiger partial charge in [0.2, 0.25) is 5.89 Å². The fraction of sp³-hybridized carbons (Fsp3) is 0.500. The van der Waals surface area contributed by atoms with E-state index in [0.717, 1.165) is 12.0 Å². The van der Waals surface area contributed by atoms with Crippen molar-refractivity contribution in [1.29, 1.82) is 0 Å². The molecule has 0 radical (unpaired) electrons. The van der Waals surface area contributed by atoms with Crippen LogP contribution in [0.1, 0.15) is 42.5 Å². The SMILES string of the molecule is CCS(=O)(=O)CCc1noc([C@@H]2C[C@H]2c2ccncc2Cl)n1. The van der Waals surface area contributed by atoms with E-state index in [2.05, 4.69) is 15.1 Å². The third kappa shape index (κ3) is 3.30. The molecule has 0 aliphatic heterocycles. The van der Waals surface area contributed by atoms with Crippen molar-refractivity contribution < 1.29 is 12.9 Å². The molecule has 0 unspecified atom stereocenters. The summed E-state index contributed by atoms with van der Waals surface area (Å²) in [5.74, 6) is 1.60. The maximum Gasteiger partial charge on any atom is 0.230 e. The van der Waals surface area contributed by atoms with Crippen LogP contribution in [-0.2, 0) is 16.3 Å². The third-order valence-electron chi connectivity index (χ3n) is 3.87. The Balaban J connectivity index is 1.65. The molecular formula is C14H16ClN3O3S. The van der Waals surface area contributed by atoms with Gasteiger partial charge in [0.25, 0.3) is 0 Å². The van der Waals surface area contributed by atoms with Gasteiger partial charge in [0.05, 0.1) is 10.8 Å². The second kappa shape index (κ2) is 5.96. The molecule has 0 spiro atoms. The Morgan fingerprint density at radius 2 is 2.23 bits per heavy atom. The Bertz CT molecular complexity index is 775. The van der Waals surface area contributed by atoms with Gasteiger partial charge < -0.3 is 4.52 Å². The van der Waals surface area contributed by atoms with Crippen LogP contribution in [-0.4, -0.2) is 35.0 Å². The summed E-state index contributed by atoms with van der Waals surface area (Å²) in [7, 11) is -3.02. The minimum absolute atomic E-state index is 0.0484. The molecule has 0 bridgehead atoms.